The van der Waals surface area contributed by atoms with Crippen LogP contribution in [0.5, 0.6) is 0 Å². The smallest absolute Gasteiger partial charge is 0.252 e. The molecule has 0 fully saturated rings. The molecular weight excluding hydrogens is 1220 g/mol. The Morgan fingerprint density at radius 1 is 0.228 bits per heavy atom. The van der Waals surface area contributed by atoms with E-state index < -0.39 is 0 Å². The van der Waals surface area contributed by atoms with Gasteiger partial charge in [0.1, 0.15) is 0 Å². The maximum atomic E-state index is 2.73. The Kier molecular flexibility index (Phi) is 12.5. The van der Waals surface area contributed by atoms with Gasteiger partial charge in [-0.1, -0.05) is 240 Å². The number of hydrogen-bond acceptors (Lipinski definition) is 0. The normalized spacial score (nSPS) is 13.8. The molecule has 0 saturated heterocycles. The molecule has 17 aromatic rings. The first-order chi connectivity index (χ1) is 47.9. The highest BCUT2D eigenvalue weighted by molar-refractivity contribution is 7.00. The topological polar surface area (TPSA) is 19.7 Å². The van der Waals surface area contributed by atoms with Crippen molar-refractivity contribution in [2.45, 2.75) is 157 Å². The van der Waals surface area contributed by atoms with Crippen molar-refractivity contribution in [2.75, 3.05) is 0 Å². The zero-order chi connectivity index (χ0) is 70.0. The van der Waals surface area contributed by atoms with Crippen molar-refractivity contribution in [3.8, 4) is 33.9 Å². The SMILES string of the molecule is CC(C)(C)c1ccc2c(c1)c1cc(C(C)(C)C)ccc1n2-c1cccc(-n2c3ccc(C(C)(C)C)cc3c3cc(C(C)(C)C)ccc32)c1-c1cc2c3c(c1)-n1c4ccc5c6ccccc6c6ccccc6c5c4c4cccc(c41)B3c1cc(C(C)(C)C)cc3c4cc(C(C)(C)C)ccc4n-2c13. The molecule has 0 amide bonds. The molecule has 2 aliphatic heterocycles. The minimum Gasteiger partial charge on any atom is -0.310 e. The molecule has 4 aromatic heterocycles. The molecule has 2 aliphatic rings. The molecule has 496 valence electrons. The van der Waals surface area contributed by atoms with Gasteiger partial charge in [-0.3, -0.25) is 0 Å². The monoisotopic (exact) mass is 1310 g/mol. The minimum atomic E-state index is -0.128. The first kappa shape index (κ1) is 62.0. The molecule has 6 heterocycles. The summed E-state index contributed by atoms with van der Waals surface area (Å²) in [4.78, 5) is 0. The van der Waals surface area contributed by atoms with Gasteiger partial charge < -0.3 is 18.3 Å². The van der Waals surface area contributed by atoms with Crippen LogP contribution in [0.15, 0.2) is 212 Å². The highest BCUT2D eigenvalue weighted by atomic mass is 15.1. The first-order valence-corrected chi connectivity index (χ1v) is 36.9. The second-order valence-corrected chi connectivity index (χ2v) is 36.2. The fourth-order valence-electron chi connectivity index (χ4n) is 18.1. The maximum Gasteiger partial charge on any atom is 0.252 e. The van der Waals surface area contributed by atoms with Crippen molar-refractivity contribution in [1.29, 1.82) is 0 Å². The van der Waals surface area contributed by atoms with Crippen LogP contribution < -0.4 is 16.4 Å². The molecule has 0 atom stereocenters. The lowest BCUT2D eigenvalue weighted by Crippen LogP contribution is -2.59. The first-order valence-electron chi connectivity index (χ1n) is 36.9. The second kappa shape index (κ2) is 20.3. The van der Waals surface area contributed by atoms with Crippen LogP contribution in [0, 0.1) is 0 Å². The lowest BCUT2D eigenvalue weighted by molar-refractivity contribution is 0.590. The van der Waals surface area contributed by atoms with Crippen LogP contribution in [0.25, 0.3) is 153 Å². The summed E-state index contributed by atoms with van der Waals surface area (Å²) in [6, 6.07) is 84.9. The number of hydrogen-bond donors (Lipinski definition) is 0. The Morgan fingerprint density at radius 2 is 0.564 bits per heavy atom. The molecule has 101 heavy (non-hydrogen) atoms. The summed E-state index contributed by atoms with van der Waals surface area (Å²) in [6.45, 7) is 42.4. The average molecular weight is 1310 g/mol. The predicted octanol–water partition coefficient (Wildman–Crippen LogP) is 24.1. The van der Waals surface area contributed by atoms with Crippen molar-refractivity contribution in [2.24, 2.45) is 0 Å². The Bertz CT molecular complexity index is 6210. The van der Waals surface area contributed by atoms with Gasteiger partial charge in [0.25, 0.3) is 6.71 Å². The summed E-state index contributed by atoms with van der Waals surface area (Å²) in [5, 5.41) is 18.0. The van der Waals surface area contributed by atoms with Crippen molar-refractivity contribution >= 4 is 143 Å². The van der Waals surface area contributed by atoms with Crippen molar-refractivity contribution in [3.63, 3.8) is 0 Å². The second-order valence-electron chi connectivity index (χ2n) is 36.2. The van der Waals surface area contributed by atoms with E-state index in [-0.39, 0.29) is 39.2 Å². The minimum absolute atomic E-state index is 0.0655. The van der Waals surface area contributed by atoms with E-state index in [9.17, 15) is 0 Å². The lowest BCUT2D eigenvalue weighted by atomic mass is 9.34. The fraction of sp³-hybridized carbons (Fsp3) is 0.250. The largest absolute Gasteiger partial charge is 0.310 e. The summed E-state index contributed by atoms with van der Waals surface area (Å²) in [7, 11) is 0. The number of rotatable bonds is 3. The summed E-state index contributed by atoms with van der Waals surface area (Å²) in [5.41, 5.74) is 28.5. The van der Waals surface area contributed by atoms with Crippen molar-refractivity contribution in [1.82, 2.24) is 18.3 Å². The summed E-state index contributed by atoms with van der Waals surface area (Å²) >= 11 is 0. The van der Waals surface area contributed by atoms with Gasteiger partial charge in [0.2, 0.25) is 0 Å². The van der Waals surface area contributed by atoms with Gasteiger partial charge in [0.05, 0.1) is 44.5 Å². The molecule has 0 unspecified atom stereocenters. The Morgan fingerprint density at radius 3 is 1.00 bits per heavy atom. The van der Waals surface area contributed by atoms with Gasteiger partial charge in [-0.2, -0.15) is 0 Å². The van der Waals surface area contributed by atoms with E-state index in [2.05, 4.69) is 355 Å². The van der Waals surface area contributed by atoms with Crippen LogP contribution in [0.4, 0.5) is 0 Å². The van der Waals surface area contributed by atoms with E-state index in [1.165, 1.54) is 186 Å². The molecule has 13 aromatic carbocycles. The van der Waals surface area contributed by atoms with Gasteiger partial charge in [0, 0.05) is 76.4 Å². The highest BCUT2D eigenvalue weighted by Gasteiger charge is 2.43. The van der Waals surface area contributed by atoms with E-state index in [0.717, 1.165) is 16.9 Å². The Hall–Kier alpha value is -10.1. The van der Waals surface area contributed by atoms with Gasteiger partial charge in [-0.15, -0.1) is 0 Å². The summed E-state index contributed by atoms with van der Waals surface area (Å²) < 4.78 is 10.7. The van der Waals surface area contributed by atoms with Gasteiger partial charge in [-0.25, -0.2) is 0 Å². The Balaban J connectivity index is 1.03. The molecule has 0 bridgehead atoms. The molecule has 0 radical (unpaired) electrons. The molecule has 0 spiro atoms. The predicted molar refractivity (Wildman–Crippen MR) is 439 cm³/mol. The van der Waals surface area contributed by atoms with Gasteiger partial charge in [0.15, 0.2) is 0 Å². The van der Waals surface area contributed by atoms with Crippen LogP contribution in [0.1, 0.15) is 158 Å². The lowest BCUT2D eigenvalue weighted by Gasteiger charge is -2.35. The van der Waals surface area contributed by atoms with Crippen molar-refractivity contribution < 1.29 is 0 Å². The van der Waals surface area contributed by atoms with Crippen LogP contribution in [0.3, 0.4) is 0 Å². The quantitative estimate of drug-likeness (QED) is 0.124. The van der Waals surface area contributed by atoms with E-state index in [1.54, 1.807) is 0 Å². The van der Waals surface area contributed by atoms with E-state index in [0.29, 0.717) is 0 Å². The number of aromatic nitrogens is 4. The van der Waals surface area contributed by atoms with Crippen LogP contribution in [0.2, 0.25) is 0 Å². The van der Waals surface area contributed by atoms with E-state index in [1.807, 2.05) is 0 Å². The summed E-state index contributed by atoms with van der Waals surface area (Å²) in [6.07, 6.45) is 0. The molecule has 0 N–H and O–H groups in total. The molecule has 19 rings (SSSR count). The average Bonchev–Trinajstić information content (AvgIpc) is 1.55. The number of para-hydroxylation sites is 1. The molecule has 4 nitrogen and oxygen atoms in total. The molecule has 5 heteroatoms. The van der Waals surface area contributed by atoms with Crippen LogP contribution >= 0.6 is 0 Å². The third-order valence-corrected chi connectivity index (χ3v) is 23.6. The molecule has 0 aliphatic carbocycles. The van der Waals surface area contributed by atoms with E-state index in [4.69, 9.17) is 0 Å². The zero-order valence-corrected chi connectivity index (χ0v) is 62.1. The van der Waals surface area contributed by atoms with Crippen LogP contribution in [-0.2, 0) is 32.5 Å². The summed E-state index contributed by atoms with van der Waals surface area (Å²) in [5.74, 6) is 0. The number of fused-ring (bicyclic) bond motifs is 23. The fourth-order valence-corrected chi connectivity index (χ4v) is 18.1. The zero-order valence-electron chi connectivity index (χ0n) is 62.1. The molecule has 0 saturated carbocycles. The van der Waals surface area contributed by atoms with Gasteiger partial charge >= 0.3 is 0 Å². The third kappa shape index (κ3) is 8.74. The standard InChI is InChI=1S/C96H89BN4/c1-91(2,3)55-33-39-75-67(47-55)68-48-56(92(4,5)6)34-40-76(68)98(75)80-31-24-32-81(99-77-41-35-57(93(7,8)9)49-69(77)70-50-58(94(10,11)12)36-42-78(70)99)85(80)54-45-83-88-84(46-54)101-82-44-38-65-63-27-20-19-25-61(63)62-26-21-22-28-64(62)86(65)87(82)66-29-23-30-73(89(66)101)97(88)74-53-60(96(16,17)18)52-72-71-51-59(95(13,14)15)37-43-79(71)100(83)90(72)74/h19-53H,1-18H3. The van der Waals surface area contributed by atoms with Gasteiger partial charge in [-0.05, 0) is 212 Å². The highest BCUT2D eigenvalue weighted by Crippen LogP contribution is 2.51. The van der Waals surface area contributed by atoms with Crippen LogP contribution in [-0.4, -0.2) is 25.0 Å². The maximum absolute atomic E-state index is 2.73. The molecular formula is C96H89BN4. The van der Waals surface area contributed by atoms with E-state index >= 15 is 0 Å². The number of benzene rings is 13. The number of nitrogens with zero attached hydrogens (tertiary/aromatic N) is 4. The Labute approximate surface area is 593 Å². The van der Waals surface area contributed by atoms with Crippen molar-refractivity contribution in [3.05, 3.63) is 246 Å². The third-order valence-electron chi connectivity index (χ3n) is 23.6.